The van der Waals surface area contributed by atoms with Crippen LogP contribution < -0.4 is 5.32 Å². The van der Waals surface area contributed by atoms with Crippen molar-refractivity contribution in [3.8, 4) is 0 Å². The zero-order valence-electron chi connectivity index (χ0n) is 13.9. The number of hydrogen-bond donors (Lipinski definition) is 2. The molecule has 5 nitrogen and oxygen atoms in total. The van der Waals surface area contributed by atoms with Crippen molar-refractivity contribution in [2.75, 3.05) is 20.1 Å². The number of amides is 1. The monoisotopic (exact) mass is 330 g/mol. The Morgan fingerprint density at radius 2 is 2.21 bits per heavy atom. The van der Waals surface area contributed by atoms with Gasteiger partial charge in [0, 0.05) is 18.9 Å². The average molecular weight is 330 g/mol. The third-order valence-corrected chi connectivity index (χ3v) is 4.46. The molecule has 128 valence electrons. The minimum Gasteiger partial charge on any atom is -0.350 e. The molecule has 2 aromatic rings. The van der Waals surface area contributed by atoms with Gasteiger partial charge in [-0.2, -0.15) is 0 Å². The molecule has 1 saturated heterocycles. The second kappa shape index (κ2) is 7.57. The fourth-order valence-corrected chi connectivity index (χ4v) is 3.02. The smallest absolute Gasteiger partial charge is 0.220 e. The van der Waals surface area contributed by atoms with E-state index in [1.165, 1.54) is 12.1 Å². The van der Waals surface area contributed by atoms with E-state index >= 15 is 0 Å². The lowest BCUT2D eigenvalue weighted by Gasteiger charge is -2.07. The molecule has 0 radical (unpaired) electrons. The third-order valence-electron chi connectivity index (χ3n) is 4.46. The van der Waals surface area contributed by atoms with Gasteiger partial charge >= 0.3 is 0 Å². The van der Waals surface area contributed by atoms with Gasteiger partial charge in [-0.3, -0.25) is 4.79 Å². The second-order valence-electron chi connectivity index (χ2n) is 6.44. The molecule has 0 unspecified atom stereocenters. The van der Waals surface area contributed by atoms with E-state index in [4.69, 9.17) is 0 Å². The lowest BCUT2D eigenvalue weighted by Crippen LogP contribution is -2.23. The van der Waals surface area contributed by atoms with E-state index in [0.29, 0.717) is 25.3 Å². The molecule has 1 aliphatic heterocycles. The van der Waals surface area contributed by atoms with Crippen LogP contribution in [0.25, 0.3) is 0 Å². The number of benzene rings is 1. The van der Waals surface area contributed by atoms with Crippen LogP contribution in [0.3, 0.4) is 0 Å². The van der Waals surface area contributed by atoms with E-state index in [1.807, 2.05) is 0 Å². The molecule has 1 aliphatic rings. The minimum absolute atomic E-state index is 0.0175. The SMILES string of the molecule is CN1CC[C@H](c2ncc(CNC(=O)CCc3ccc(F)cc3)[nH]2)C1. The molecule has 2 N–H and O–H groups in total. The lowest BCUT2D eigenvalue weighted by atomic mass is 10.1. The van der Waals surface area contributed by atoms with E-state index in [2.05, 4.69) is 27.2 Å². The zero-order valence-corrected chi connectivity index (χ0v) is 13.9. The molecule has 1 aromatic heterocycles. The van der Waals surface area contributed by atoms with Gasteiger partial charge in [0.25, 0.3) is 0 Å². The van der Waals surface area contributed by atoms with Crippen molar-refractivity contribution in [2.24, 2.45) is 0 Å². The molecule has 2 heterocycles. The Bertz CT molecular complexity index is 683. The number of halogens is 1. The first-order valence-electron chi connectivity index (χ1n) is 8.33. The average Bonchev–Trinajstić information content (AvgIpc) is 3.21. The van der Waals surface area contributed by atoms with Crippen LogP contribution in [0.4, 0.5) is 4.39 Å². The van der Waals surface area contributed by atoms with E-state index in [-0.39, 0.29) is 11.7 Å². The summed E-state index contributed by atoms with van der Waals surface area (Å²) in [4.78, 5) is 22.0. The number of nitrogens with one attached hydrogen (secondary N) is 2. The van der Waals surface area contributed by atoms with Gasteiger partial charge in [0.15, 0.2) is 0 Å². The molecule has 24 heavy (non-hydrogen) atoms. The van der Waals surface area contributed by atoms with E-state index in [9.17, 15) is 9.18 Å². The van der Waals surface area contributed by atoms with Gasteiger partial charge in [0.05, 0.1) is 18.4 Å². The summed E-state index contributed by atoms with van der Waals surface area (Å²) >= 11 is 0. The minimum atomic E-state index is -0.258. The number of aryl methyl sites for hydroxylation is 1. The number of aromatic nitrogens is 2. The normalized spacial score (nSPS) is 18.0. The highest BCUT2D eigenvalue weighted by Gasteiger charge is 2.23. The Balaban J connectivity index is 1.43. The summed E-state index contributed by atoms with van der Waals surface area (Å²) < 4.78 is 12.8. The summed E-state index contributed by atoms with van der Waals surface area (Å²) in [6.45, 7) is 2.58. The molecule has 0 saturated carbocycles. The van der Waals surface area contributed by atoms with E-state index in [1.54, 1.807) is 18.3 Å². The van der Waals surface area contributed by atoms with Crippen LogP contribution in [-0.4, -0.2) is 40.9 Å². The number of aromatic amines is 1. The first kappa shape index (κ1) is 16.6. The van der Waals surface area contributed by atoms with Crippen LogP contribution >= 0.6 is 0 Å². The summed E-state index contributed by atoms with van der Waals surface area (Å²) in [5.41, 5.74) is 1.88. The molecule has 0 spiro atoms. The van der Waals surface area contributed by atoms with Crippen LogP contribution in [0.5, 0.6) is 0 Å². The highest BCUT2D eigenvalue weighted by Crippen LogP contribution is 2.23. The zero-order chi connectivity index (χ0) is 16.9. The molecule has 1 fully saturated rings. The van der Waals surface area contributed by atoms with Gasteiger partial charge in [-0.25, -0.2) is 9.37 Å². The van der Waals surface area contributed by atoms with Crippen LogP contribution in [-0.2, 0) is 17.8 Å². The fourth-order valence-electron chi connectivity index (χ4n) is 3.02. The van der Waals surface area contributed by atoms with Crippen molar-refractivity contribution >= 4 is 5.91 Å². The number of likely N-dealkylation sites (N-methyl/N-ethyl adjacent to an activating group) is 1. The third kappa shape index (κ3) is 4.41. The predicted molar refractivity (Wildman–Crippen MR) is 90.0 cm³/mol. The van der Waals surface area contributed by atoms with E-state index in [0.717, 1.165) is 36.6 Å². The Morgan fingerprint density at radius 3 is 2.92 bits per heavy atom. The number of nitrogens with zero attached hydrogens (tertiary/aromatic N) is 2. The number of rotatable bonds is 6. The van der Waals surface area contributed by atoms with Gasteiger partial charge in [-0.05, 0) is 44.1 Å². The molecule has 3 rings (SSSR count). The fraction of sp³-hybridized carbons (Fsp3) is 0.444. The molecule has 1 amide bonds. The standard InChI is InChI=1S/C18H23FN4O/c1-23-9-8-14(12-23)18-21-11-16(22-18)10-20-17(24)7-4-13-2-5-15(19)6-3-13/h2-3,5-6,11,14H,4,7-10,12H2,1H3,(H,20,24)(H,21,22)/t14-/m0/s1. The van der Waals surface area contributed by atoms with Crippen molar-refractivity contribution in [2.45, 2.75) is 31.7 Å². The highest BCUT2D eigenvalue weighted by molar-refractivity contribution is 5.76. The van der Waals surface area contributed by atoms with Crippen LogP contribution in [0.2, 0.25) is 0 Å². The Hall–Kier alpha value is -2.21. The maximum atomic E-state index is 12.8. The van der Waals surface area contributed by atoms with Gasteiger partial charge in [-0.15, -0.1) is 0 Å². The van der Waals surface area contributed by atoms with Crippen molar-refractivity contribution in [3.05, 3.63) is 53.4 Å². The lowest BCUT2D eigenvalue weighted by molar-refractivity contribution is -0.121. The van der Waals surface area contributed by atoms with Crippen molar-refractivity contribution in [1.82, 2.24) is 20.2 Å². The summed E-state index contributed by atoms with van der Waals surface area (Å²) in [7, 11) is 2.12. The number of carbonyl (C=O) groups excluding carboxylic acids is 1. The predicted octanol–water partition coefficient (Wildman–Crippen LogP) is 2.22. The number of likely N-dealkylation sites (tertiary alicyclic amines) is 1. The van der Waals surface area contributed by atoms with E-state index < -0.39 is 0 Å². The van der Waals surface area contributed by atoms with Crippen LogP contribution in [0.15, 0.2) is 30.5 Å². The quantitative estimate of drug-likeness (QED) is 0.854. The maximum Gasteiger partial charge on any atom is 0.220 e. The van der Waals surface area contributed by atoms with Gasteiger partial charge in [0.1, 0.15) is 11.6 Å². The van der Waals surface area contributed by atoms with Crippen molar-refractivity contribution in [1.29, 1.82) is 0 Å². The van der Waals surface area contributed by atoms with Crippen molar-refractivity contribution < 1.29 is 9.18 Å². The number of hydrogen-bond acceptors (Lipinski definition) is 3. The summed E-state index contributed by atoms with van der Waals surface area (Å²) in [5.74, 6) is 1.19. The maximum absolute atomic E-state index is 12.8. The summed E-state index contributed by atoms with van der Waals surface area (Å²) in [5, 5.41) is 2.90. The molecule has 1 atom stereocenters. The summed E-state index contributed by atoms with van der Waals surface area (Å²) in [6.07, 6.45) is 3.91. The number of carbonyl (C=O) groups is 1. The van der Waals surface area contributed by atoms with Crippen LogP contribution in [0, 0.1) is 5.82 Å². The first-order valence-corrected chi connectivity index (χ1v) is 8.33. The van der Waals surface area contributed by atoms with Crippen molar-refractivity contribution in [3.63, 3.8) is 0 Å². The van der Waals surface area contributed by atoms with Gasteiger partial charge in [-0.1, -0.05) is 12.1 Å². The molecular formula is C18H23FN4O. The first-order chi connectivity index (χ1) is 11.6. The summed E-state index contributed by atoms with van der Waals surface area (Å²) in [6, 6.07) is 6.25. The molecule has 0 aliphatic carbocycles. The topological polar surface area (TPSA) is 61.0 Å². The molecular weight excluding hydrogens is 307 g/mol. The second-order valence-corrected chi connectivity index (χ2v) is 6.44. The van der Waals surface area contributed by atoms with Gasteiger partial charge in [0.2, 0.25) is 5.91 Å². The Kier molecular flexibility index (Phi) is 5.25. The van der Waals surface area contributed by atoms with Crippen LogP contribution in [0.1, 0.15) is 35.8 Å². The Morgan fingerprint density at radius 1 is 1.42 bits per heavy atom. The largest absolute Gasteiger partial charge is 0.350 e. The number of imidazole rings is 1. The Labute approximate surface area is 141 Å². The number of H-pyrrole nitrogens is 1. The molecule has 6 heteroatoms. The van der Waals surface area contributed by atoms with Gasteiger partial charge < -0.3 is 15.2 Å². The highest BCUT2D eigenvalue weighted by atomic mass is 19.1. The molecule has 1 aromatic carbocycles. The molecule has 0 bridgehead atoms.